The van der Waals surface area contributed by atoms with Crippen LogP contribution in [0.3, 0.4) is 0 Å². The van der Waals surface area contributed by atoms with Gasteiger partial charge < -0.3 is 19.1 Å². The summed E-state index contributed by atoms with van der Waals surface area (Å²) in [4.78, 5) is 5.23. The Balaban J connectivity index is 1.12. The number of benzene rings is 7. The normalized spacial score (nSPS) is 17.7. The van der Waals surface area contributed by atoms with Crippen molar-refractivity contribution < 1.29 is 4.74 Å². The molecule has 0 bridgehead atoms. The molecule has 13 rings (SSSR count). The summed E-state index contributed by atoms with van der Waals surface area (Å²) >= 11 is 0. The summed E-state index contributed by atoms with van der Waals surface area (Å²) in [5.74, 6) is 0.951. The Morgan fingerprint density at radius 2 is 1.24 bits per heavy atom. The topological polar surface area (TPSA) is 20.6 Å². The van der Waals surface area contributed by atoms with Crippen LogP contribution >= 0.6 is 0 Å². The average molecular weight is 940 g/mol. The second-order valence-electron chi connectivity index (χ2n) is 25.1. The fourth-order valence-corrected chi connectivity index (χ4v) is 13.2. The predicted molar refractivity (Wildman–Crippen MR) is 306 cm³/mol. The van der Waals surface area contributed by atoms with E-state index in [1.54, 1.807) is 0 Å². The molecule has 0 radical (unpaired) electrons. The standard InChI is InChI=1S/C67H66BN3O/c1-39-34-41(64(3,4)5)28-32-52(39)69(53-33-29-42(35-40(53)2)65(6,7)8)44-30-31-50-55(38-44)70(54-26-19-22-46-45-20-15-17-27-58(45)72-62(46)54)56-36-43(66(9,10)11)37-57-60(56)68(50)51-25-18-23-48-59-47-21-14-16-24-49(47)67(12,13)63(59)71(57)61(48)51/h14-38,54,62H,1-13H3. The third kappa shape index (κ3) is 6.31. The Bertz CT molecular complexity index is 3650. The molecule has 72 heavy (non-hydrogen) atoms. The van der Waals surface area contributed by atoms with Gasteiger partial charge in [-0.2, -0.15) is 0 Å². The van der Waals surface area contributed by atoms with E-state index in [0.717, 1.165) is 11.4 Å². The van der Waals surface area contributed by atoms with Crippen LogP contribution in [0.5, 0.6) is 5.75 Å². The number of anilines is 5. The number of fused-ring (bicyclic) bond motifs is 12. The lowest BCUT2D eigenvalue weighted by Crippen LogP contribution is -2.63. The predicted octanol–water partition coefficient (Wildman–Crippen LogP) is 15.0. The summed E-state index contributed by atoms with van der Waals surface area (Å²) in [5.41, 5.74) is 26.8. The van der Waals surface area contributed by atoms with E-state index < -0.39 is 0 Å². The molecule has 0 N–H and O–H groups in total. The van der Waals surface area contributed by atoms with Crippen LogP contribution in [0.1, 0.15) is 121 Å². The summed E-state index contributed by atoms with van der Waals surface area (Å²) in [7, 11) is 0. The second kappa shape index (κ2) is 15.0. The van der Waals surface area contributed by atoms with E-state index in [1.807, 2.05) is 0 Å². The first kappa shape index (κ1) is 44.9. The van der Waals surface area contributed by atoms with Crippen molar-refractivity contribution in [1.82, 2.24) is 4.57 Å². The third-order valence-electron chi connectivity index (χ3n) is 17.0. The van der Waals surface area contributed by atoms with E-state index in [-0.39, 0.29) is 40.5 Å². The van der Waals surface area contributed by atoms with Crippen LogP contribution in [0.15, 0.2) is 152 Å². The number of aromatic nitrogens is 1. The minimum absolute atomic E-state index is 0.00719. The minimum atomic E-state index is -0.216. The van der Waals surface area contributed by atoms with Crippen LogP contribution in [-0.4, -0.2) is 23.4 Å². The maximum atomic E-state index is 7.16. The maximum Gasteiger partial charge on any atom is 0.252 e. The van der Waals surface area contributed by atoms with E-state index >= 15 is 0 Å². The molecule has 7 aromatic carbocycles. The first-order valence-corrected chi connectivity index (χ1v) is 26.3. The van der Waals surface area contributed by atoms with Gasteiger partial charge in [0.25, 0.3) is 6.71 Å². The quantitative estimate of drug-likeness (QED) is 0.164. The minimum Gasteiger partial charge on any atom is -0.483 e. The van der Waals surface area contributed by atoms with Crippen LogP contribution < -0.4 is 30.9 Å². The van der Waals surface area contributed by atoms with Gasteiger partial charge in [-0.1, -0.05) is 185 Å². The molecule has 0 saturated heterocycles. The van der Waals surface area contributed by atoms with Gasteiger partial charge in [-0.15, -0.1) is 0 Å². The van der Waals surface area contributed by atoms with E-state index in [0.29, 0.717) is 0 Å². The molecule has 0 fully saturated rings. The van der Waals surface area contributed by atoms with Crippen LogP contribution in [0.4, 0.5) is 28.4 Å². The molecule has 2 aliphatic carbocycles. The Kier molecular flexibility index (Phi) is 9.39. The largest absolute Gasteiger partial charge is 0.483 e. The number of ether oxygens (including phenoxy) is 1. The number of para-hydroxylation sites is 2. The van der Waals surface area contributed by atoms with Gasteiger partial charge in [0.2, 0.25) is 0 Å². The first-order valence-electron chi connectivity index (χ1n) is 26.3. The molecule has 4 nitrogen and oxygen atoms in total. The monoisotopic (exact) mass is 940 g/mol. The van der Waals surface area contributed by atoms with Gasteiger partial charge >= 0.3 is 0 Å². The Hall–Kier alpha value is -6.98. The smallest absolute Gasteiger partial charge is 0.252 e. The molecule has 1 aromatic heterocycles. The van der Waals surface area contributed by atoms with Gasteiger partial charge in [0.1, 0.15) is 11.9 Å². The Morgan fingerprint density at radius 1 is 0.597 bits per heavy atom. The summed E-state index contributed by atoms with van der Waals surface area (Å²) in [6, 6.07) is 51.5. The van der Waals surface area contributed by atoms with Gasteiger partial charge in [0.15, 0.2) is 0 Å². The van der Waals surface area contributed by atoms with Crippen molar-refractivity contribution in [2.75, 3.05) is 9.80 Å². The lowest BCUT2D eigenvalue weighted by molar-refractivity contribution is 0.258. The molecule has 0 amide bonds. The molecule has 5 aliphatic rings. The molecule has 2 unspecified atom stereocenters. The highest BCUT2D eigenvalue weighted by atomic mass is 16.5. The molecule has 8 aromatic rings. The number of allylic oxidation sites excluding steroid dienone is 2. The lowest BCUT2D eigenvalue weighted by Gasteiger charge is -2.46. The van der Waals surface area contributed by atoms with Crippen molar-refractivity contribution in [1.29, 1.82) is 0 Å². The summed E-state index contributed by atoms with van der Waals surface area (Å²) in [6.45, 7) is 30.4. The van der Waals surface area contributed by atoms with Crippen molar-refractivity contribution in [3.05, 3.63) is 196 Å². The zero-order chi connectivity index (χ0) is 50.1. The van der Waals surface area contributed by atoms with Crippen molar-refractivity contribution in [2.45, 2.75) is 124 Å². The van der Waals surface area contributed by atoms with Gasteiger partial charge in [-0.3, -0.25) is 0 Å². The Morgan fingerprint density at radius 3 is 1.90 bits per heavy atom. The molecule has 0 spiro atoms. The van der Waals surface area contributed by atoms with E-state index in [9.17, 15) is 0 Å². The van der Waals surface area contributed by atoms with E-state index in [4.69, 9.17) is 4.74 Å². The second-order valence-corrected chi connectivity index (χ2v) is 25.1. The van der Waals surface area contributed by atoms with Gasteiger partial charge in [-0.25, -0.2) is 0 Å². The van der Waals surface area contributed by atoms with Gasteiger partial charge in [0.05, 0.1) is 6.04 Å². The fraction of sp³-hybridized carbons (Fsp3) is 0.284. The molecule has 5 heteroatoms. The highest BCUT2D eigenvalue weighted by Crippen LogP contribution is 2.55. The lowest BCUT2D eigenvalue weighted by atomic mass is 9.33. The molecular weight excluding hydrogens is 874 g/mol. The number of rotatable bonds is 4. The van der Waals surface area contributed by atoms with E-state index in [2.05, 4.69) is 256 Å². The number of aryl methyl sites for hydroxylation is 2. The number of nitrogens with zero attached hydrogens (tertiary/aromatic N) is 3. The van der Waals surface area contributed by atoms with Crippen molar-refractivity contribution in [3.63, 3.8) is 0 Å². The van der Waals surface area contributed by atoms with Crippen molar-refractivity contribution in [3.8, 4) is 22.6 Å². The van der Waals surface area contributed by atoms with Crippen LogP contribution in [-0.2, 0) is 21.7 Å². The molecule has 2 atom stereocenters. The molecule has 3 aliphatic heterocycles. The summed E-state index contributed by atoms with van der Waals surface area (Å²) < 4.78 is 9.87. The van der Waals surface area contributed by atoms with Gasteiger partial charge in [-0.05, 0) is 128 Å². The number of hydrogen-bond acceptors (Lipinski definition) is 3. The Labute approximate surface area is 427 Å². The zero-order valence-electron chi connectivity index (χ0n) is 44.4. The van der Waals surface area contributed by atoms with Gasteiger partial charge in [0, 0.05) is 72.8 Å². The van der Waals surface area contributed by atoms with Crippen molar-refractivity contribution in [2.24, 2.45) is 0 Å². The third-order valence-corrected chi connectivity index (χ3v) is 17.0. The SMILES string of the molecule is Cc1cc(C(C)(C)C)ccc1N(c1ccc2c(c1)N(C1C=CC=C3c4ccccc4OC31)c1cc(C(C)(C)C)cc3c1B2c1cccc2c4c(n-3c12)C(C)(C)c1ccccc1-4)c1ccc(C(C)(C)C)cc1C. The summed E-state index contributed by atoms with van der Waals surface area (Å²) in [5, 5.41) is 1.34. The molecule has 358 valence electrons. The summed E-state index contributed by atoms with van der Waals surface area (Å²) in [6.07, 6.45) is 6.75. The highest BCUT2D eigenvalue weighted by molar-refractivity contribution is 7.00. The molecular formula is C67H66BN3O. The maximum absolute atomic E-state index is 7.16. The van der Waals surface area contributed by atoms with Crippen LogP contribution in [0.25, 0.3) is 33.3 Å². The highest BCUT2D eigenvalue weighted by Gasteiger charge is 2.50. The molecule has 0 saturated carbocycles. The number of hydrogen-bond donors (Lipinski definition) is 0. The zero-order valence-corrected chi connectivity index (χ0v) is 44.4. The van der Waals surface area contributed by atoms with Crippen molar-refractivity contribution >= 4 is 68.0 Å². The van der Waals surface area contributed by atoms with Crippen LogP contribution in [0.2, 0.25) is 0 Å². The van der Waals surface area contributed by atoms with E-state index in [1.165, 1.54) is 117 Å². The molecule has 4 heterocycles. The average Bonchev–Trinajstić information content (AvgIpc) is 3.97. The first-order chi connectivity index (χ1) is 34.2. The fourth-order valence-electron chi connectivity index (χ4n) is 13.2. The van der Waals surface area contributed by atoms with Crippen LogP contribution in [0, 0.1) is 13.8 Å².